The molecule has 1 aromatic rings. The highest BCUT2D eigenvalue weighted by Gasteiger charge is 2.28. The number of nitrogens with two attached hydrogens (primary N) is 1. The van der Waals surface area contributed by atoms with Crippen LogP contribution in [0.15, 0.2) is 30.3 Å². The number of hydrogen-bond donors (Lipinski definition) is 2. The molecule has 5 nitrogen and oxygen atoms in total. The Morgan fingerprint density at radius 2 is 1.70 bits per heavy atom. The first kappa shape index (κ1) is 19.9. The van der Waals surface area contributed by atoms with Crippen molar-refractivity contribution in [2.45, 2.75) is 57.4 Å². The van der Waals surface area contributed by atoms with Gasteiger partial charge in [-0.25, -0.2) is 0 Å². The average molecular weight is 372 g/mol. The molecule has 2 aliphatic rings. The zero-order chi connectivity index (χ0) is 19.1. The largest absolute Gasteiger partial charge is 0.370 e. The molecule has 2 amide bonds. The maximum absolute atomic E-state index is 12.8. The van der Waals surface area contributed by atoms with Crippen molar-refractivity contribution in [1.29, 1.82) is 0 Å². The molecule has 1 aliphatic heterocycles. The molecule has 0 aromatic heterocycles. The van der Waals surface area contributed by atoms with Gasteiger partial charge in [-0.3, -0.25) is 14.5 Å². The maximum atomic E-state index is 12.8. The number of rotatable bonds is 7. The standard InChI is InChI=1S/C22H33N3O2/c23-20(26)15-17-11-13-25(14-12-17)16-21(27)24-22(18-7-3-1-4-8-18)19-9-5-2-6-10-19/h1,3-4,7-8,17,19,22H,2,5-6,9-16H2,(H2,23,26)(H,24,27)/t22-/m1/s1. The number of nitrogens with one attached hydrogen (secondary N) is 1. The maximum Gasteiger partial charge on any atom is 0.234 e. The van der Waals surface area contributed by atoms with Crippen molar-refractivity contribution < 1.29 is 9.59 Å². The molecule has 27 heavy (non-hydrogen) atoms. The number of carbonyl (C=O) groups is 2. The zero-order valence-corrected chi connectivity index (χ0v) is 16.2. The molecule has 3 rings (SSSR count). The van der Waals surface area contributed by atoms with Crippen molar-refractivity contribution in [3.05, 3.63) is 35.9 Å². The Labute approximate surface area is 162 Å². The summed E-state index contributed by atoms with van der Waals surface area (Å²) >= 11 is 0. The number of amides is 2. The lowest BCUT2D eigenvalue weighted by molar-refractivity contribution is -0.124. The number of likely N-dealkylation sites (tertiary alicyclic amines) is 1. The third-order valence-corrected chi connectivity index (χ3v) is 6.16. The second-order valence-electron chi connectivity index (χ2n) is 8.24. The van der Waals surface area contributed by atoms with Crippen LogP contribution in [0.1, 0.15) is 63.0 Å². The summed E-state index contributed by atoms with van der Waals surface area (Å²) in [4.78, 5) is 26.1. The topological polar surface area (TPSA) is 75.4 Å². The van der Waals surface area contributed by atoms with E-state index in [1.807, 2.05) is 6.07 Å². The number of carbonyl (C=O) groups excluding carboxylic acids is 2. The smallest absolute Gasteiger partial charge is 0.234 e. The summed E-state index contributed by atoms with van der Waals surface area (Å²) in [6.45, 7) is 2.18. The normalized spacial score (nSPS) is 20.9. The molecule has 5 heteroatoms. The second-order valence-corrected chi connectivity index (χ2v) is 8.24. The van der Waals surface area contributed by atoms with Gasteiger partial charge >= 0.3 is 0 Å². The Balaban J connectivity index is 1.54. The fraction of sp³-hybridized carbons (Fsp3) is 0.636. The van der Waals surface area contributed by atoms with Crippen LogP contribution >= 0.6 is 0 Å². The summed E-state index contributed by atoms with van der Waals surface area (Å²) < 4.78 is 0. The highest BCUT2D eigenvalue weighted by Crippen LogP contribution is 2.34. The first-order valence-corrected chi connectivity index (χ1v) is 10.5. The van der Waals surface area contributed by atoms with Crippen molar-refractivity contribution in [3.8, 4) is 0 Å². The molecule has 1 aromatic carbocycles. The van der Waals surface area contributed by atoms with Crippen LogP contribution in [0.5, 0.6) is 0 Å². The lowest BCUT2D eigenvalue weighted by atomic mass is 9.81. The molecule has 1 saturated heterocycles. The summed E-state index contributed by atoms with van der Waals surface area (Å²) in [6, 6.07) is 10.5. The minimum absolute atomic E-state index is 0.114. The third-order valence-electron chi connectivity index (χ3n) is 6.16. The van der Waals surface area contributed by atoms with Gasteiger partial charge in [0.25, 0.3) is 0 Å². The van der Waals surface area contributed by atoms with Gasteiger partial charge in [-0.15, -0.1) is 0 Å². The lowest BCUT2D eigenvalue weighted by Crippen LogP contribution is -2.44. The van der Waals surface area contributed by atoms with E-state index in [4.69, 9.17) is 5.73 Å². The molecule has 0 spiro atoms. The first-order chi connectivity index (χ1) is 13.1. The van der Waals surface area contributed by atoms with Crippen LogP contribution in [0.25, 0.3) is 0 Å². The van der Waals surface area contributed by atoms with Crippen molar-refractivity contribution in [2.75, 3.05) is 19.6 Å². The number of benzene rings is 1. The predicted molar refractivity (Wildman–Crippen MR) is 107 cm³/mol. The van der Waals surface area contributed by atoms with E-state index < -0.39 is 0 Å². The molecule has 1 aliphatic carbocycles. The van der Waals surface area contributed by atoms with Gasteiger partial charge < -0.3 is 11.1 Å². The highest BCUT2D eigenvalue weighted by atomic mass is 16.2. The van der Waals surface area contributed by atoms with E-state index in [2.05, 4.69) is 34.5 Å². The fourth-order valence-corrected chi connectivity index (χ4v) is 4.66. The lowest BCUT2D eigenvalue weighted by Gasteiger charge is -2.34. The molecule has 1 saturated carbocycles. The van der Waals surface area contributed by atoms with Crippen molar-refractivity contribution in [1.82, 2.24) is 10.2 Å². The monoisotopic (exact) mass is 371 g/mol. The molecule has 3 N–H and O–H groups in total. The molecule has 148 valence electrons. The Bertz CT molecular complexity index is 605. The van der Waals surface area contributed by atoms with Gasteiger partial charge in [0.2, 0.25) is 11.8 Å². The van der Waals surface area contributed by atoms with E-state index in [-0.39, 0.29) is 17.9 Å². The van der Waals surface area contributed by atoms with Gasteiger partial charge in [0.15, 0.2) is 0 Å². The zero-order valence-electron chi connectivity index (χ0n) is 16.2. The second kappa shape index (κ2) is 9.88. The van der Waals surface area contributed by atoms with Crippen LogP contribution in [0.2, 0.25) is 0 Å². The van der Waals surface area contributed by atoms with Gasteiger partial charge in [-0.2, -0.15) is 0 Å². The van der Waals surface area contributed by atoms with Crippen LogP contribution in [0, 0.1) is 11.8 Å². The van der Waals surface area contributed by atoms with Crippen LogP contribution in [-0.2, 0) is 9.59 Å². The van der Waals surface area contributed by atoms with Gasteiger partial charge in [-0.1, -0.05) is 49.6 Å². The molecule has 0 radical (unpaired) electrons. The van der Waals surface area contributed by atoms with Crippen LogP contribution in [-0.4, -0.2) is 36.3 Å². The van der Waals surface area contributed by atoms with E-state index in [1.165, 1.54) is 37.7 Å². The number of piperidine rings is 1. The van der Waals surface area contributed by atoms with E-state index in [0.717, 1.165) is 25.9 Å². The van der Waals surface area contributed by atoms with E-state index in [0.29, 0.717) is 24.8 Å². The summed E-state index contributed by atoms with van der Waals surface area (Å²) in [5, 5.41) is 3.34. The highest BCUT2D eigenvalue weighted by molar-refractivity contribution is 5.78. The summed E-state index contributed by atoms with van der Waals surface area (Å²) in [5.74, 6) is 0.805. The van der Waals surface area contributed by atoms with E-state index in [9.17, 15) is 9.59 Å². The van der Waals surface area contributed by atoms with Crippen LogP contribution in [0.3, 0.4) is 0 Å². The Morgan fingerprint density at radius 1 is 1.04 bits per heavy atom. The number of hydrogen-bond acceptors (Lipinski definition) is 3. The van der Waals surface area contributed by atoms with Crippen molar-refractivity contribution in [2.24, 2.45) is 17.6 Å². The van der Waals surface area contributed by atoms with Gasteiger partial charge in [-0.05, 0) is 56.2 Å². The van der Waals surface area contributed by atoms with E-state index >= 15 is 0 Å². The Kier molecular flexibility index (Phi) is 7.27. The third kappa shape index (κ3) is 6.06. The SMILES string of the molecule is NC(=O)CC1CCN(CC(=O)N[C@H](c2ccccc2)C2CCCCC2)CC1. The number of nitrogens with zero attached hydrogens (tertiary/aromatic N) is 1. The van der Waals surface area contributed by atoms with Gasteiger partial charge in [0.1, 0.15) is 0 Å². The summed E-state index contributed by atoms with van der Waals surface area (Å²) in [7, 11) is 0. The van der Waals surface area contributed by atoms with Crippen molar-refractivity contribution in [3.63, 3.8) is 0 Å². The van der Waals surface area contributed by atoms with Crippen LogP contribution in [0.4, 0.5) is 0 Å². The minimum Gasteiger partial charge on any atom is -0.370 e. The fourth-order valence-electron chi connectivity index (χ4n) is 4.66. The van der Waals surface area contributed by atoms with Crippen molar-refractivity contribution >= 4 is 11.8 Å². The molecule has 0 bridgehead atoms. The first-order valence-electron chi connectivity index (χ1n) is 10.5. The number of primary amides is 1. The Hall–Kier alpha value is -1.88. The summed E-state index contributed by atoms with van der Waals surface area (Å²) in [6.07, 6.45) is 8.58. The molecule has 1 heterocycles. The molecule has 1 atom stereocenters. The van der Waals surface area contributed by atoms with Gasteiger partial charge in [0, 0.05) is 6.42 Å². The van der Waals surface area contributed by atoms with Gasteiger partial charge in [0.05, 0.1) is 12.6 Å². The molecule has 2 fully saturated rings. The summed E-state index contributed by atoms with van der Waals surface area (Å²) in [5.41, 5.74) is 6.52. The van der Waals surface area contributed by atoms with E-state index in [1.54, 1.807) is 0 Å². The molecule has 0 unspecified atom stereocenters. The Morgan fingerprint density at radius 3 is 2.33 bits per heavy atom. The average Bonchev–Trinajstić information content (AvgIpc) is 2.69. The minimum atomic E-state index is -0.218. The molecular formula is C22H33N3O2. The predicted octanol–water partition coefficient (Wildman–Crippen LogP) is 3.01. The molecular weight excluding hydrogens is 338 g/mol. The quantitative estimate of drug-likeness (QED) is 0.774. The van der Waals surface area contributed by atoms with Crippen LogP contribution < -0.4 is 11.1 Å².